The lowest BCUT2D eigenvalue weighted by Gasteiger charge is -2.27. The van der Waals surface area contributed by atoms with Crippen molar-refractivity contribution in [2.24, 2.45) is 11.7 Å². The van der Waals surface area contributed by atoms with E-state index >= 15 is 0 Å². The molecule has 0 heterocycles. The van der Waals surface area contributed by atoms with Crippen LogP contribution in [0, 0.1) is 5.92 Å². The van der Waals surface area contributed by atoms with Gasteiger partial charge in [-0.1, -0.05) is 44.2 Å². The molecule has 1 aromatic rings. The molecule has 0 spiro atoms. The average Bonchev–Trinajstić information content (AvgIpc) is 2.35. The molecular formula is C14H22FNO. The van der Waals surface area contributed by atoms with Crippen LogP contribution >= 0.6 is 0 Å². The van der Waals surface area contributed by atoms with Gasteiger partial charge in [-0.2, -0.15) is 0 Å². The SMILES string of the molecule is CC(C)C(F)(CN)CCOCc1ccccc1. The van der Waals surface area contributed by atoms with E-state index in [0.717, 1.165) is 5.56 Å². The van der Waals surface area contributed by atoms with Crippen molar-refractivity contribution >= 4 is 0 Å². The van der Waals surface area contributed by atoms with Crippen LogP contribution < -0.4 is 5.73 Å². The Morgan fingerprint density at radius 3 is 2.47 bits per heavy atom. The van der Waals surface area contributed by atoms with Gasteiger partial charge < -0.3 is 10.5 Å². The van der Waals surface area contributed by atoms with Crippen LogP contribution in [-0.2, 0) is 11.3 Å². The van der Waals surface area contributed by atoms with Crippen LogP contribution in [0.15, 0.2) is 30.3 Å². The van der Waals surface area contributed by atoms with Crippen LogP contribution in [0.5, 0.6) is 0 Å². The first-order chi connectivity index (χ1) is 8.08. The molecule has 0 amide bonds. The molecule has 0 aliphatic carbocycles. The molecule has 0 aliphatic heterocycles. The average molecular weight is 239 g/mol. The van der Waals surface area contributed by atoms with Gasteiger partial charge in [-0.25, -0.2) is 4.39 Å². The molecule has 17 heavy (non-hydrogen) atoms. The molecule has 0 saturated carbocycles. The minimum atomic E-state index is -1.31. The predicted molar refractivity (Wildman–Crippen MR) is 68.4 cm³/mol. The molecule has 96 valence electrons. The second kappa shape index (κ2) is 6.72. The molecule has 0 aliphatic rings. The lowest BCUT2D eigenvalue weighted by Crippen LogP contribution is -2.39. The molecule has 2 nitrogen and oxygen atoms in total. The first-order valence-corrected chi connectivity index (χ1v) is 6.09. The maximum atomic E-state index is 14.2. The van der Waals surface area contributed by atoms with Gasteiger partial charge in [-0.05, 0) is 11.5 Å². The Kier molecular flexibility index (Phi) is 5.59. The summed E-state index contributed by atoms with van der Waals surface area (Å²) < 4.78 is 19.6. The van der Waals surface area contributed by atoms with Crippen LogP contribution in [0.4, 0.5) is 4.39 Å². The summed E-state index contributed by atoms with van der Waals surface area (Å²) in [6, 6.07) is 9.88. The second-order valence-electron chi connectivity index (χ2n) is 4.68. The first kappa shape index (κ1) is 14.1. The number of ether oxygens (including phenoxy) is 1. The van der Waals surface area contributed by atoms with Gasteiger partial charge in [0.15, 0.2) is 0 Å². The number of halogens is 1. The van der Waals surface area contributed by atoms with E-state index < -0.39 is 5.67 Å². The highest BCUT2D eigenvalue weighted by Crippen LogP contribution is 2.24. The van der Waals surface area contributed by atoms with Crippen molar-refractivity contribution in [2.75, 3.05) is 13.2 Å². The summed E-state index contributed by atoms with van der Waals surface area (Å²) in [6.45, 7) is 4.69. The Balaban J connectivity index is 2.28. The van der Waals surface area contributed by atoms with E-state index in [1.54, 1.807) is 0 Å². The Morgan fingerprint density at radius 2 is 1.94 bits per heavy atom. The topological polar surface area (TPSA) is 35.2 Å². The molecule has 1 aromatic carbocycles. The predicted octanol–water partition coefficient (Wildman–Crippen LogP) is 2.92. The molecule has 2 N–H and O–H groups in total. The number of nitrogens with two attached hydrogens (primary N) is 1. The molecule has 0 saturated heterocycles. The summed E-state index contributed by atoms with van der Waals surface area (Å²) in [4.78, 5) is 0. The summed E-state index contributed by atoms with van der Waals surface area (Å²) in [7, 11) is 0. The van der Waals surface area contributed by atoms with E-state index in [1.807, 2.05) is 44.2 Å². The fourth-order valence-electron chi connectivity index (χ4n) is 1.63. The van der Waals surface area contributed by atoms with Crippen molar-refractivity contribution in [1.82, 2.24) is 0 Å². The normalized spacial score (nSPS) is 14.9. The molecular weight excluding hydrogens is 217 g/mol. The van der Waals surface area contributed by atoms with Crippen molar-refractivity contribution in [2.45, 2.75) is 32.5 Å². The Hall–Kier alpha value is -0.930. The Morgan fingerprint density at radius 1 is 1.29 bits per heavy atom. The quantitative estimate of drug-likeness (QED) is 0.742. The van der Waals surface area contributed by atoms with Gasteiger partial charge in [0.1, 0.15) is 5.67 Å². The summed E-state index contributed by atoms with van der Waals surface area (Å²) >= 11 is 0. The van der Waals surface area contributed by atoms with Crippen LogP contribution in [0.25, 0.3) is 0 Å². The van der Waals surface area contributed by atoms with Gasteiger partial charge in [0.25, 0.3) is 0 Å². The lowest BCUT2D eigenvalue weighted by molar-refractivity contribution is 0.0377. The fraction of sp³-hybridized carbons (Fsp3) is 0.571. The molecule has 0 aromatic heterocycles. The van der Waals surface area contributed by atoms with Crippen molar-refractivity contribution in [3.05, 3.63) is 35.9 Å². The van der Waals surface area contributed by atoms with E-state index in [9.17, 15) is 4.39 Å². The third-order valence-electron chi connectivity index (χ3n) is 3.15. The van der Waals surface area contributed by atoms with Gasteiger partial charge in [0, 0.05) is 13.0 Å². The van der Waals surface area contributed by atoms with E-state index in [0.29, 0.717) is 19.6 Å². The number of benzene rings is 1. The van der Waals surface area contributed by atoms with Crippen molar-refractivity contribution in [3.8, 4) is 0 Å². The summed E-state index contributed by atoms with van der Waals surface area (Å²) in [5.74, 6) is -0.0761. The number of hydrogen-bond donors (Lipinski definition) is 1. The number of rotatable bonds is 7. The molecule has 3 heteroatoms. The maximum Gasteiger partial charge on any atom is 0.127 e. The second-order valence-corrected chi connectivity index (χ2v) is 4.68. The van der Waals surface area contributed by atoms with Crippen LogP contribution in [0.3, 0.4) is 0 Å². The van der Waals surface area contributed by atoms with E-state index in [-0.39, 0.29) is 12.5 Å². The molecule has 1 unspecified atom stereocenters. The van der Waals surface area contributed by atoms with Crippen molar-refractivity contribution in [3.63, 3.8) is 0 Å². The monoisotopic (exact) mass is 239 g/mol. The maximum absolute atomic E-state index is 14.2. The van der Waals surface area contributed by atoms with Gasteiger partial charge >= 0.3 is 0 Å². The smallest absolute Gasteiger partial charge is 0.127 e. The standard InChI is InChI=1S/C14H22FNO/c1-12(2)14(15,11-16)8-9-17-10-13-6-4-3-5-7-13/h3-7,12H,8-11,16H2,1-2H3. The largest absolute Gasteiger partial charge is 0.377 e. The van der Waals surface area contributed by atoms with Crippen LogP contribution in [0.1, 0.15) is 25.8 Å². The molecule has 0 radical (unpaired) electrons. The third-order valence-corrected chi connectivity index (χ3v) is 3.15. The number of hydrogen-bond acceptors (Lipinski definition) is 2. The molecule has 0 fully saturated rings. The van der Waals surface area contributed by atoms with Crippen molar-refractivity contribution in [1.29, 1.82) is 0 Å². The zero-order valence-corrected chi connectivity index (χ0v) is 10.7. The van der Waals surface area contributed by atoms with Crippen LogP contribution in [0.2, 0.25) is 0 Å². The molecule has 1 atom stereocenters. The van der Waals surface area contributed by atoms with Crippen LogP contribution in [-0.4, -0.2) is 18.8 Å². The minimum Gasteiger partial charge on any atom is -0.377 e. The summed E-state index contributed by atoms with van der Waals surface area (Å²) in [5, 5.41) is 0. The summed E-state index contributed by atoms with van der Waals surface area (Å²) in [6.07, 6.45) is 0.355. The lowest BCUT2D eigenvalue weighted by atomic mass is 9.89. The van der Waals surface area contributed by atoms with E-state index in [2.05, 4.69) is 0 Å². The molecule has 0 bridgehead atoms. The Bertz CT molecular complexity index is 315. The minimum absolute atomic E-state index is 0.0549. The third kappa shape index (κ3) is 4.44. The zero-order valence-electron chi connectivity index (χ0n) is 10.7. The fourth-order valence-corrected chi connectivity index (χ4v) is 1.63. The first-order valence-electron chi connectivity index (χ1n) is 6.09. The van der Waals surface area contributed by atoms with E-state index in [1.165, 1.54) is 0 Å². The van der Waals surface area contributed by atoms with Gasteiger partial charge in [-0.3, -0.25) is 0 Å². The highest BCUT2D eigenvalue weighted by molar-refractivity contribution is 5.13. The van der Waals surface area contributed by atoms with Gasteiger partial charge in [0.05, 0.1) is 13.2 Å². The van der Waals surface area contributed by atoms with Gasteiger partial charge in [-0.15, -0.1) is 0 Å². The number of alkyl halides is 1. The Labute approximate surface area is 103 Å². The highest BCUT2D eigenvalue weighted by atomic mass is 19.1. The van der Waals surface area contributed by atoms with Crippen molar-refractivity contribution < 1.29 is 9.13 Å². The molecule has 1 rings (SSSR count). The highest BCUT2D eigenvalue weighted by Gasteiger charge is 2.31. The van der Waals surface area contributed by atoms with Gasteiger partial charge in [0.2, 0.25) is 0 Å². The summed E-state index contributed by atoms with van der Waals surface area (Å²) in [5.41, 5.74) is 5.27. The van der Waals surface area contributed by atoms with E-state index in [4.69, 9.17) is 10.5 Å². The zero-order chi connectivity index (χ0) is 12.7.